The molecule has 0 bridgehead atoms. The van der Waals surface area contributed by atoms with Gasteiger partial charge in [0.05, 0.1) is 0 Å². The van der Waals surface area contributed by atoms with Crippen molar-refractivity contribution in [2.75, 3.05) is 19.6 Å². The molecule has 0 aromatic heterocycles. The van der Waals surface area contributed by atoms with Crippen LogP contribution >= 0.6 is 0 Å². The normalized spacial score (nSPS) is 24.4. The molecule has 0 radical (unpaired) electrons. The zero-order valence-electron chi connectivity index (χ0n) is 8.92. The van der Waals surface area contributed by atoms with Crippen molar-refractivity contribution in [1.82, 2.24) is 4.90 Å². The number of allylic oxidation sites excluding steroid dienone is 1. The fourth-order valence-electron chi connectivity index (χ4n) is 1.87. The van der Waals surface area contributed by atoms with Crippen LogP contribution in [0.4, 0.5) is 0 Å². The second-order valence-electron chi connectivity index (χ2n) is 4.16. The Bertz CT molecular complexity index is 171. The van der Waals surface area contributed by atoms with Gasteiger partial charge in [0.25, 0.3) is 0 Å². The van der Waals surface area contributed by atoms with Crippen molar-refractivity contribution in [3.8, 4) is 0 Å². The molecule has 0 spiro atoms. The number of rotatable bonds is 3. The summed E-state index contributed by atoms with van der Waals surface area (Å²) in [6.07, 6.45) is 6.28. The molecular formula is C11H22N2. The van der Waals surface area contributed by atoms with Gasteiger partial charge in [-0.15, -0.1) is 0 Å². The second kappa shape index (κ2) is 5.40. The van der Waals surface area contributed by atoms with Gasteiger partial charge in [-0.1, -0.05) is 18.1 Å². The molecule has 2 nitrogen and oxygen atoms in total. The zero-order chi connectivity index (χ0) is 9.68. The van der Waals surface area contributed by atoms with Crippen molar-refractivity contribution in [3.05, 3.63) is 11.6 Å². The van der Waals surface area contributed by atoms with Crippen molar-refractivity contribution in [2.24, 2.45) is 5.73 Å². The van der Waals surface area contributed by atoms with Crippen molar-refractivity contribution in [3.63, 3.8) is 0 Å². The van der Waals surface area contributed by atoms with E-state index < -0.39 is 0 Å². The van der Waals surface area contributed by atoms with Crippen molar-refractivity contribution in [1.29, 1.82) is 0 Å². The summed E-state index contributed by atoms with van der Waals surface area (Å²) in [5.74, 6) is 0. The summed E-state index contributed by atoms with van der Waals surface area (Å²) in [7, 11) is 0. The first-order valence-corrected chi connectivity index (χ1v) is 5.31. The highest BCUT2D eigenvalue weighted by Gasteiger charge is 2.19. The predicted octanol–water partition coefficient (Wildman–Crippen LogP) is 1.77. The summed E-state index contributed by atoms with van der Waals surface area (Å²) in [5, 5.41) is 0. The maximum atomic E-state index is 5.74. The molecule has 1 unspecified atom stereocenters. The minimum Gasteiger partial charge on any atom is -0.329 e. The zero-order valence-corrected chi connectivity index (χ0v) is 8.92. The van der Waals surface area contributed by atoms with Crippen LogP contribution in [-0.2, 0) is 0 Å². The maximum absolute atomic E-state index is 5.74. The molecule has 1 aliphatic heterocycles. The molecular weight excluding hydrogens is 160 g/mol. The standard InChI is InChI=1S/C11H22N2/c1-10(2)6-8-13-7-4-3-5-11(13)9-12/h6,11H,3-5,7-9,12H2,1-2H3. The Labute approximate surface area is 81.8 Å². The van der Waals surface area contributed by atoms with Gasteiger partial charge in [0.2, 0.25) is 0 Å². The van der Waals surface area contributed by atoms with E-state index in [1.807, 2.05) is 0 Å². The highest BCUT2D eigenvalue weighted by atomic mass is 15.2. The molecule has 2 heteroatoms. The van der Waals surface area contributed by atoms with Gasteiger partial charge in [-0.25, -0.2) is 0 Å². The molecule has 1 saturated heterocycles. The first-order valence-electron chi connectivity index (χ1n) is 5.31. The molecule has 13 heavy (non-hydrogen) atoms. The van der Waals surface area contributed by atoms with E-state index in [-0.39, 0.29) is 0 Å². The third-order valence-corrected chi connectivity index (χ3v) is 2.76. The lowest BCUT2D eigenvalue weighted by atomic mass is 10.0. The highest BCUT2D eigenvalue weighted by Crippen LogP contribution is 2.15. The molecule has 1 aliphatic rings. The van der Waals surface area contributed by atoms with Crippen LogP contribution < -0.4 is 5.73 Å². The van der Waals surface area contributed by atoms with Crippen LogP contribution in [0.2, 0.25) is 0 Å². The molecule has 1 rings (SSSR count). The van der Waals surface area contributed by atoms with E-state index in [9.17, 15) is 0 Å². The number of piperidine rings is 1. The van der Waals surface area contributed by atoms with E-state index in [4.69, 9.17) is 5.73 Å². The maximum Gasteiger partial charge on any atom is 0.0221 e. The van der Waals surface area contributed by atoms with Gasteiger partial charge in [-0.05, 0) is 33.2 Å². The number of nitrogens with two attached hydrogens (primary N) is 1. The molecule has 0 aromatic carbocycles. The van der Waals surface area contributed by atoms with Crippen molar-refractivity contribution < 1.29 is 0 Å². The highest BCUT2D eigenvalue weighted by molar-refractivity contribution is 4.96. The van der Waals surface area contributed by atoms with E-state index in [1.165, 1.54) is 31.4 Å². The summed E-state index contributed by atoms with van der Waals surface area (Å²) in [6.45, 7) is 7.44. The first-order chi connectivity index (χ1) is 6.24. The predicted molar refractivity (Wildman–Crippen MR) is 57.7 cm³/mol. The van der Waals surface area contributed by atoms with Crippen LogP contribution in [0.3, 0.4) is 0 Å². The molecule has 1 fully saturated rings. The van der Waals surface area contributed by atoms with E-state index in [0.717, 1.165) is 13.1 Å². The Balaban J connectivity index is 2.40. The Hall–Kier alpha value is -0.340. The fourth-order valence-corrected chi connectivity index (χ4v) is 1.87. The minimum absolute atomic E-state index is 0.629. The molecule has 1 atom stereocenters. The van der Waals surface area contributed by atoms with Gasteiger partial charge in [0.15, 0.2) is 0 Å². The van der Waals surface area contributed by atoms with Crippen LogP contribution in [-0.4, -0.2) is 30.6 Å². The average Bonchev–Trinajstić information content (AvgIpc) is 2.15. The summed E-state index contributed by atoms with van der Waals surface area (Å²) in [6, 6.07) is 0.629. The molecule has 1 heterocycles. The van der Waals surface area contributed by atoms with Crippen molar-refractivity contribution in [2.45, 2.75) is 39.2 Å². The smallest absolute Gasteiger partial charge is 0.0221 e. The van der Waals surface area contributed by atoms with Gasteiger partial charge < -0.3 is 5.73 Å². The third-order valence-electron chi connectivity index (χ3n) is 2.76. The first kappa shape index (κ1) is 10.7. The lowest BCUT2D eigenvalue weighted by molar-refractivity contribution is 0.170. The van der Waals surface area contributed by atoms with E-state index in [0.29, 0.717) is 6.04 Å². The quantitative estimate of drug-likeness (QED) is 0.674. The molecule has 0 amide bonds. The van der Waals surface area contributed by atoms with E-state index in [2.05, 4.69) is 24.8 Å². The Kier molecular flexibility index (Phi) is 4.46. The van der Waals surface area contributed by atoms with Gasteiger partial charge in [-0.2, -0.15) is 0 Å². The lowest BCUT2D eigenvalue weighted by Crippen LogP contribution is -2.44. The Morgan fingerprint density at radius 1 is 1.46 bits per heavy atom. The fraction of sp³-hybridized carbons (Fsp3) is 0.818. The monoisotopic (exact) mass is 182 g/mol. The third kappa shape index (κ3) is 3.49. The number of hydrogen-bond acceptors (Lipinski definition) is 2. The summed E-state index contributed by atoms with van der Waals surface area (Å²) >= 11 is 0. The van der Waals surface area contributed by atoms with E-state index in [1.54, 1.807) is 0 Å². The van der Waals surface area contributed by atoms with Gasteiger partial charge in [0.1, 0.15) is 0 Å². The minimum atomic E-state index is 0.629. The van der Waals surface area contributed by atoms with Gasteiger partial charge >= 0.3 is 0 Å². The van der Waals surface area contributed by atoms with E-state index >= 15 is 0 Å². The topological polar surface area (TPSA) is 29.3 Å². The van der Waals surface area contributed by atoms with Crippen LogP contribution in [0.25, 0.3) is 0 Å². The SMILES string of the molecule is CC(C)=CCN1CCCCC1CN. The summed E-state index contributed by atoms with van der Waals surface area (Å²) < 4.78 is 0. The van der Waals surface area contributed by atoms with Crippen molar-refractivity contribution >= 4 is 0 Å². The lowest BCUT2D eigenvalue weighted by Gasteiger charge is -2.34. The van der Waals surface area contributed by atoms with Crippen LogP contribution in [0.5, 0.6) is 0 Å². The molecule has 0 aliphatic carbocycles. The van der Waals surface area contributed by atoms with Gasteiger partial charge in [-0.3, -0.25) is 4.90 Å². The van der Waals surface area contributed by atoms with Crippen LogP contribution in [0.1, 0.15) is 33.1 Å². The second-order valence-corrected chi connectivity index (χ2v) is 4.16. The Morgan fingerprint density at radius 3 is 2.85 bits per heavy atom. The summed E-state index contributed by atoms with van der Waals surface area (Å²) in [4.78, 5) is 2.51. The van der Waals surface area contributed by atoms with Crippen LogP contribution in [0.15, 0.2) is 11.6 Å². The molecule has 0 aromatic rings. The number of hydrogen-bond donors (Lipinski definition) is 1. The number of nitrogens with zero attached hydrogens (tertiary/aromatic N) is 1. The van der Waals surface area contributed by atoms with Crippen LogP contribution in [0, 0.1) is 0 Å². The molecule has 0 saturated carbocycles. The average molecular weight is 182 g/mol. The number of likely N-dealkylation sites (tertiary alicyclic amines) is 1. The molecule has 76 valence electrons. The Morgan fingerprint density at radius 2 is 2.23 bits per heavy atom. The largest absolute Gasteiger partial charge is 0.329 e. The van der Waals surface area contributed by atoms with Gasteiger partial charge in [0, 0.05) is 19.1 Å². The molecule has 2 N–H and O–H groups in total. The summed E-state index contributed by atoms with van der Waals surface area (Å²) in [5.41, 5.74) is 7.14.